The molecule has 1 rings (SSSR count). The highest BCUT2D eigenvalue weighted by molar-refractivity contribution is 7.83. The molecule has 0 saturated heterocycles. The highest BCUT2D eigenvalue weighted by Crippen LogP contribution is 2.03. The largest absolute Gasteiger partial charge is 0.361 e. The Kier molecular flexibility index (Phi) is 2.90. The predicted molar refractivity (Wildman–Crippen MR) is 48.2 cm³/mol. The van der Waals surface area contributed by atoms with Crippen LogP contribution in [0.3, 0.4) is 0 Å². The summed E-state index contributed by atoms with van der Waals surface area (Å²) in [6.07, 6.45) is 1.78. The lowest BCUT2D eigenvalue weighted by atomic mass is 10.3. The number of para-hydroxylation sites is 1. The van der Waals surface area contributed by atoms with E-state index in [1.165, 1.54) is 0 Å². The first kappa shape index (κ1) is 7.22. The standard InChI is InChI=1S/C8H9NS/c10-7-6-9-8-4-2-1-3-5-8/h1-7,9-10H/b7-6+. The summed E-state index contributed by atoms with van der Waals surface area (Å²) in [5.74, 6) is 0. The first-order valence-corrected chi connectivity index (χ1v) is 3.56. The molecule has 2 heteroatoms. The molecular formula is C8H9NS. The van der Waals surface area contributed by atoms with Gasteiger partial charge in [0.05, 0.1) is 0 Å². The first-order valence-electron chi connectivity index (χ1n) is 3.04. The van der Waals surface area contributed by atoms with E-state index >= 15 is 0 Å². The Morgan fingerprint density at radius 3 is 2.50 bits per heavy atom. The number of hydrogen-bond donors (Lipinski definition) is 2. The summed E-state index contributed by atoms with van der Waals surface area (Å²) in [6.45, 7) is 0. The Labute approximate surface area is 66.2 Å². The van der Waals surface area contributed by atoms with E-state index in [9.17, 15) is 0 Å². The predicted octanol–water partition coefficient (Wildman–Crippen LogP) is 2.50. The molecule has 0 unspecified atom stereocenters. The second kappa shape index (κ2) is 4.01. The van der Waals surface area contributed by atoms with Crippen LogP contribution in [0.25, 0.3) is 0 Å². The molecule has 1 N–H and O–H groups in total. The smallest absolute Gasteiger partial charge is 0.0379 e. The minimum Gasteiger partial charge on any atom is -0.361 e. The fraction of sp³-hybridized carbons (Fsp3) is 0. The fourth-order valence-electron chi connectivity index (χ4n) is 0.668. The fourth-order valence-corrected chi connectivity index (χ4v) is 0.742. The second-order valence-corrected chi connectivity index (χ2v) is 2.12. The van der Waals surface area contributed by atoms with Crippen molar-refractivity contribution in [3.63, 3.8) is 0 Å². The molecule has 0 spiro atoms. The minimum absolute atomic E-state index is 1.08. The zero-order chi connectivity index (χ0) is 7.23. The van der Waals surface area contributed by atoms with Crippen molar-refractivity contribution < 1.29 is 0 Å². The summed E-state index contributed by atoms with van der Waals surface area (Å²) < 4.78 is 0. The lowest BCUT2D eigenvalue weighted by molar-refractivity contribution is 1.59. The summed E-state index contributed by atoms with van der Waals surface area (Å²) in [7, 11) is 0. The van der Waals surface area contributed by atoms with Gasteiger partial charge in [-0.3, -0.25) is 0 Å². The Morgan fingerprint density at radius 2 is 1.90 bits per heavy atom. The van der Waals surface area contributed by atoms with Gasteiger partial charge in [0.1, 0.15) is 0 Å². The molecule has 0 aliphatic rings. The maximum atomic E-state index is 3.91. The van der Waals surface area contributed by atoms with Crippen LogP contribution in [0.1, 0.15) is 0 Å². The molecule has 0 aliphatic carbocycles. The van der Waals surface area contributed by atoms with E-state index in [0.29, 0.717) is 0 Å². The van der Waals surface area contributed by atoms with Crippen molar-refractivity contribution in [3.05, 3.63) is 41.9 Å². The molecule has 52 valence electrons. The summed E-state index contributed by atoms with van der Waals surface area (Å²) in [4.78, 5) is 0. The summed E-state index contributed by atoms with van der Waals surface area (Å²) >= 11 is 3.91. The van der Waals surface area contributed by atoms with Crippen LogP contribution < -0.4 is 5.32 Å². The molecule has 0 aromatic heterocycles. The molecule has 0 heterocycles. The maximum absolute atomic E-state index is 3.91. The van der Waals surface area contributed by atoms with Crippen LogP contribution in [-0.4, -0.2) is 0 Å². The Balaban J connectivity index is 2.59. The first-order chi connectivity index (χ1) is 4.93. The van der Waals surface area contributed by atoms with Gasteiger partial charge >= 0.3 is 0 Å². The molecule has 1 nitrogen and oxygen atoms in total. The van der Waals surface area contributed by atoms with Crippen molar-refractivity contribution >= 4 is 18.3 Å². The molecule has 0 amide bonds. The highest BCUT2D eigenvalue weighted by Gasteiger charge is 1.80. The Bertz CT molecular complexity index is 206. The number of rotatable bonds is 2. The minimum atomic E-state index is 1.08. The van der Waals surface area contributed by atoms with Gasteiger partial charge in [0.25, 0.3) is 0 Å². The Hall–Kier alpha value is -0.890. The third-order valence-electron chi connectivity index (χ3n) is 1.10. The van der Waals surface area contributed by atoms with Crippen LogP contribution in [0.5, 0.6) is 0 Å². The Morgan fingerprint density at radius 1 is 1.20 bits per heavy atom. The van der Waals surface area contributed by atoms with Gasteiger partial charge in [0.15, 0.2) is 0 Å². The van der Waals surface area contributed by atoms with Gasteiger partial charge in [-0.25, -0.2) is 0 Å². The van der Waals surface area contributed by atoms with Crippen LogP contribution in [0, 0.1) is 0 Å². The van der Waals surface area contributed by atoms with E-state index in [1.807, 2.05) is 30.3 Å². The molecule has 10 heavy (non-hydrogen) atoms. The maximum Gasteiger partial charge on any atom is 0.0379 e. The topological polar surface area (TPSA) is 12.0 Å². The zero-order valence-electron chi connectivity index (χ0n) is 5.49. The lowest BCUT2D eigenvalue weighted by Crippen LogP contribution is -1.83. The number of benzene rings is 1. The zero-order valence-corrected chi connectivity index (χ0v) is 6.38. The second-order valence-electron chi connectivity index (χ2n) is 1.83. The van der Waals surface area contributed by atoms with E-state index in [4.69, 9.17) is 0 Å². The molecule has 0 fully saturated rings. The quantitative estimate of drug-likeness (QED) is 0.619. The number of hydrogen-bond acceptors (Lipinski definition) is 2. The molecular weight excluding hydrogens is 142 g/mol. The average Bonchev–Trinajstić information content (AvgIpc) is 2.03. The van der Waals surface area contributed by atoms with Crippen molar-refractivity contribution in [2.24, 2.45) is 0 Å². The number of nitrogens with one attached hydrogen (secondary N) is 1. The van der Waals surface area contributed by atoms with E-state index < -0.39 is 0 Å². The van der Waals surface area contributed by atoms with Gasteiger partial charge in [-0.15, -0.1) is 12.6 Å². The summed E-state index contributed by atoms with van der Waals surface area (Å²) in [5, 5.41) is 4.70. The van der Waals surface area contributed by atoms with E-state index in [0.717, 1.165) is 5.69 Å². The number of thiol groups is 1. The van der Waals surface area contributed by atoms with Crippen LogP contribution in [0.2, 0.25) is 0 Å². The SMILES string of the molecule is S/C=C/Nc1ccccc1. The monoisotopic (exact) mass is 151 g/mol. The summed E-state index contributed by atoms with van der Waals surface area (Å²) in [5.41, 5.74) is 1.08. The molecule has 0 atom stereocenters. The average molecular weight is 151 g/mol. The molecule has 0 saturated carbocycles. The van der Waals surface area contributed by atoms with Crippen molar-refractivity contribution in [2.75, 3.05) is 5.32 Å². The lowest BCUT2D eigenvalue weighted by Gasteiger charge is -1.96. The van der Waals surface area contributed by atoms with Gasteiger partial charge < -0.3 is 5.32 Å². The molecule has 0 bridgehead atoms. The van der Waals surface area contributed by atoms with Crippen molar-refractivity contribution in [1.82, 2.24) is 0 Å². The highest BCUT2D eigenvalue weighted by atomic mass is 32.1. The van der Waals surface area contributed by atoms with Gasteiger partial charge in [-0.1, -0.05) is 18.2 Å². The van der Waals surface area contributed by atoms with Crippen LogP contribution in [0.15, 0.2) is 41.9 Å². The van der Waals surface area contributed by atoms with Crippen molar-refractivity contribution in [2.45, 2.75) is 0 Å². The molecule has 1 aromatic rings. The third-order valence-corrected chi connectivity index (χ3v) is 1.25. The van der Waals surface area contributed by atoms with Gasteiger partial charge in [-0.05, 0) is 17.5 Å². The van der Waals surface area contributed by atoms with Crippen LogP contribution in [0.4, 0.5) is 5.69 Å². The van der Waals surface area contributed by atoms with Crippen LogP contribution in [-0.2, 0) is 0 Å². The number of anilines is 1. The summed E-state index contributed by atoms with van der Waals surface area (Å²) in [6, 6.07) is 9.93. The van der Waals surface area contributed by atoms with Gasteiger partial charge in [0, 0.05) is 11.9 Å². The van der Waals surface area contributed by atoms with E-state index in [-0.39, 0.29) is 0 Å². The molecule has 0 radical (unpaired) electrons. The van der Waals surface area contributed by atoms with E-state index in [1.54, 1.807) is 11.6 Å². The molecule has 1 aromatic carbocycles. The van der Waals surface area contributed by atoms with Crippen molar-refractivity contribution in [3.8, 4) is 0 Å². The van der Waals surface area contributed by atoms with Gasteiger partial charge in [-0.2, -0.15) is 0 Å². The van der Waals surface area contributed by atoms with Gasteiger partial charge in [0.2, 0.25) is 0 Å². The molecule has 0 aliphatic heterocycles. The van der Waals surface area contributed by atoms with Crippen molar-refractivity contribution in [1.29, 1.82) is 0 Å². The normalized spacial score (nSPS) is 10.1. The van der Waals surface area contributed by atoms with Crippen LogP contribution >= 0.6 is 12.6 Å². The third kappa shape index (κ3) is 2.15. The van der Waals surface area contributed by atoms with E-state index in [2.05, 4.69) is 17.9 Å².